The van der Waals surface area contributed by atoms with Gasteiger partial charge < -0.3 is 10.6 Å². The number of rotatable bonds is 5. The normalized spacial score (nSPS) is 11.1. The molecule has 1 rings (SSSR count). The molecule has 0 aliphatic heterocycles. The third kappa shape index (κ3) is 3.57. The van der Waals surface area contributed by atoms with Crippen molar-refractivity contribution in [1.82, 2.24) is 0 Å². The van der Waals surface area contributed by atoms with E-state index in [9.17, 15) is 4.79 Å². The highest BCUT2D eigenvalue weighted by molar-refractivity contribution is 5.94. The molecule has 0 aliphatic carbocycles. The minimum atomic E-state index is -0.0127. The van der Waals surface area contributed by atoms with Crippen molar-refractivity contribution in [2.75, 3.05) is 18.0 Å². The van der Waals surface area contributed by atoms with Crippen molar-refractivity contribution >= 4 is 11.6 Å². The second-order valence-electron chi connectivity index (χ2n) is 5.18. The van der Waals surface area contributed by atoms with Gasteiger partial charge in [-0.25, -0.2) is 0 Å². The standard InChI is InChI=1S/C15H24N2O/c1-11(2)13-5-7-14(8-6-13)17(10-9-16)15(18)12(3)4/h5-8,11-12H,9-10,16H2,1-4H3. The largest absolute Gasteiger partial charge is 0.329 e. The number of benzene rings is 1. The first kappa shape index (κ1) is 14.7. The van der Waals surface area contributed by atoms with Gasteiger partial charge in [-0.3, -0.25) is 4.79 Å². The zero-order valence-electron chi connectivity index (χ0n) is 11.8. The summed E-state index contributed by atoms with van der Waals surface area (Å²) in [6.45, 7) is 9.18. The van der Waals surface area contributed by atoms with Crippen LogP contribution in [0, 0.1) is 5.92 Å². The topological polar surface area (TPSA) is 46.3 Å². The van der Waals surface area contributed by atoms with Crippen molar-refractivity contribution in [2.24, 2.45) is 11.7 Å². The van der Waals surface area contributed by atoms with Gasteiger partial charge in [-0.15, -0.1) is 0 Å². The number of anilines is 1. The molecule has 0 aliphatic rings. The van der Waals surface area contributed by atoms with Crippen LogP contribution < -0.4 is 10.6 Å². The molecule has 0 aromatic heterocycles. The Morgan fingerprint density at radius 1 is 1.17 bits per heavy atom. The van der Waals surface area contributed by atoms with Gasteiger partial charge in [-0.1, -0.05) is 39.8 Å². The fourth-order valence-corrected chi connectivity index (χ4v) is 1.85. The average molecular weight is 248 g/mol. The molecule has 0 bridgehead atoms. The Morgan fingerprint density at radius 2 is 1.72 bits per heavy atom. The minimum absolute atomic E-state index is 0.0127. The van der Waals surface area contributed by atoms with Crippen LogP contribution in [0.5, 0.6) is 0 Å². The lowest BCUT2D eigenvalue weighted by atomic mass is 10.0. The predicted molar refractivity (Wildman–Crippen MR) is 76.8 cm³/mol. The summed E-state index contributed by atoms with van der Waals surface area (Å²) in [7, 11) is 0. The average Bonchev–Trinajstić information content (AvgIpc) is 2.35. The minimum Gasteiger partial charge on any atom is -0.329 e. The van der Waals surface area contributed by atoms with Crippen molar-refractivity contribution in [1.29, 1.82) is 0 Å². The van der Waals surface area contributed by atoms with Crippen molar-refractivity contribution in [3.05, 3.63) is 29.8 Å². The van der Waals surface area contributed by atoms with Crippen LogP contribution in [0.4, 0.5) is 5.69 Å². The third-order valence-electron chi connectivity index (χ3n) is 2.98. The van der Waals surface area contributed by atoms with Gasteiger partial charge in [0.15, 0.2) is 0 Å². The van der Waals surface area contributed by atoms with E-state index >= 15 is 0 Å². The maximum absolute atomic E-state index is 12.1. The maximum atomic E-state index is 12.1. The summed E-state index contributed by atoms with van der Waals surface area (Å²) in [5.74, 6) is 0.613. The highest BCUT2D eigenvalue weighted by Gasteiger charge is 2.18. The summed E-state index contributed by atoms with van der Waals surface area (Å²) in [5.41, 5.74) is 7.80. The molecule has 18 heavy (non-hydrogen) atoms. The second-order valence-corrected chi connectivity index (χ2v) is 5.18. The molecule has 0 saturated heterocycles. The van der Waals surface area contributed by atoms with Crippen LogP contribution in [0.1, 0.15) is 39.2 Å². The Hall–Kier alpha value is -1.35. The zero-order chi connectivity index (χ0) is 13.7. The number of hydrogen-bond acceptors (Lipinski definition) is 2. The number of nitrogens with zero attached hydrogens (tertiary/aromatic N) is 1. The Labute approximate surface area is 110 Å². The van der Waals surface area contributed by atoms with E-state index in [-0.39, 0.29) is 11.8 Å². The molecule has 0 saturated carbocycles. The summed E-state index contributed by atoms with van der Waals surface area (Å²) >= 11 is 0. The van der Waals surface area contributed by atoms with Crippen molar-refractivity contribution in [3.8, 4) is 0 Å². The Balaban J connectivity index is 2.95. The fourth-order valence-electron chi connectivity index (χ4n) is 1.85. The second kappa shape index (κ2) is 6.55. The lowest BCUT2D eigenvalue weighted by Gasteiger charge is -2.24. The summed E-state index contributed by atoms with van der Waals surface area (Å²) < 4.78 is 0. The smallest absolute Gasteiger partial charge is 0.229 e. The summed E-state index contributed by atoms with van der Waals surface area (Å²) in [6, 6.07) is 8.17. The quantitative estimate of drug-likeness (QED) is 0.871. The molecule has 0 radical (unpaired) electrons. The van der Waals surface area contributed by atoms with Crippen LogP contribution in [0.15, 0.2) is 24.3 Å². The summed E-state index contributed by atoms with van der Waals surface area (Å²) in [4.78, 5) is 13.9. The molecule has 0 unspecified atom stereocenters. The highest BCUT2D eigenvalue weighted by atomic mass is 16.2. The summed E-state index contributed by atoms with van der Waals surface area (Å²) in [5, 5.41) is 0. The maximum Gasteiger partial charge on any atom is 0.229 e. The Bertz CT molecular complexity index is 382. The zero-order valence-corrected chi connectivity index (χ0v) is 11.8. The van der Waals surface area contributed by atoms with E-state index in [1.165, 1.54) is 5.56 Å². The van der Waals surface area contributed by atoms with Crippen molar-refractivity contribution in [2.45, 2.75) is 33.6 Å². The van der Waals surface area contributed by atoms with Gasteiger partial charge in [0, 0.05) is 24.7 Å². The first-order valence-corrected chi connectivity index (χ1v) is 6.58. The molecular weight excluding hydrogens is 224 g/mol. The van der Waals surface area contributed by atoms with E-state index < -0.39 is 0 Å². The van der Waals surface area contributed by atoms with E-state index in [1.807, 2.05) is 26.0 Å². The van der Waals surface area contributed by atoms with Crippen molar-refractivity contribution < 1.29 is 4.79 Å². The molecule has 0 fully saturated rings. The molecule has 1 amide bonds. The highest BCUT2D eigenvalue weighted by Crippen LogP contribution is 2.21. The summed E-state index contributed by atoms with van der Waals surface area (Å²) in [6.07, 6.45) is 0. The van der Waals surface area contributed by atoms with Gasteiger partial charge in [0.1, 0.15) is 0 Å². The van der Waals surface area contributed by atoms with Gasteiger partial charge in [0.2, 0.25) is 5.91 Å². The van der Waals surface area contributed by atoms with Crippen LogP contribution in [0.3, 0.4) is 0 Å². The molecule has 0 atom stereocenters. The van der Waals surface area contributed by atoms with Crippen LogP contribution in [0.2, 0.25) is 0 Å². The number of carbonyl (C=O) groups is 1. The van der Waals surface area contributed by atoms with E-state index in [1.54, 1.807) is 4.90 Å². The van der Waals surface area contributed by atoms with Crippen molar-refractivity contribution in [3.63, 3.8) is 0 Å². The van der Waals surface area contributed by atoms with Crippen LogP contribution in [0.25, 0.3) is 0 Å². The van der Waals surface area contributed by atoms with Gasteiger partial charge in [-0.05, 0) is 23.6 Å². The van der Waals surface area contributed by atoms with E-state index in [0.29, 0.717) is 19.0 Å². The number of carbonyl (C=O) groups excluding carboxylic acids is 1. The lowest BCUT2D eigenvalue weighted by molar-refractivity contribution is -0.121. The van der Waals surface area contributed by atoms with Crippen LogP contribution >= 0.6 is 0 Å². The molecule has 1 aromatic rings. The molecule has 2 N–H and O–H groups in total. The predicted octanol–water partition coefficient (Wildman–Crippen LogP) is 2.76. The van der Waals surface area contributed by atoms with E-state index in [4.69, 9.17) is 5.73 Å². The lowest BCUT2D eigenvalue weighted by Crippen LogP contribution is -2.38. The van der Waals surface area contributed by atoms with Gasteiger partial charge in [0.25, 0.3) is 0 Å². The van der Waals surface area contributed by atoms with E-state index in [2.05, 4.69) is 26.0 Å². The molecule has 1 aromatic carbocycles. The molecule has 3 nitrogen and oxygen atoms in total. The number of hydrogen-bond donors (Lipinski definition) is 1. The third-order valence-corrected chi connectivity index (χ3v) is 2.98. The van der Waals surface area contributed by atoms with Crippen LogP contribution in [-0.4, -0.2) is 19.0 Å². The molecule has 0 heterocycles. The first-order valence-electron chi connectivity index (χ1n) is 6.58. The van der Waals surface area contributed by atoms with Gasteiger partial charge >= 0.3 is 0 Å². The number of amides is 1. The van der Waals surface area contributed by atoms with Gasteiger partial charge in [-0.2, -0.15) is 0 Å². The molecule has 0 spiro atoms. The number of nitrogens with two attached hydrogens (primary N) is 1. The first-order chi connectivity index (χ1) is 8.47. The van der Waals surface area contributed by atoms with Gasteiger partial charge in [0.05, 0.1) is 0 Å². The monoisotopic (exact) mass is 248 g/mol. The van der Waals surface area contributed by atoms with Crippen LogP contribution in [-0.2, 0) is 4.79 Å². The molecule has 100 valence electrons. The Kier molecular flexibility index (Phi) is 5.35. The molecule has 3 heteroatoms. The molecular formula is C15H24N2O. The Morgan fingerprint density at radius 3 is 2.11 bits per heavy atom. The van der Waals surface area contributed by atoms with E-state index in [0.717, 1.165) is 5.69 Å². The SMILES string of the molecule is CC(C)C(=O)N(CCN)c1ccc(C(C)C)cc1. The fraction of sp³-hybridized carbons (Fsp3) is 0.533.